The van der Waals surface area contributed by atoms with Crippen LogP contribution in [0.5, 0.6) is 5.88 Å². The maximum Gasteiger partial charge on any atom is 0.407 e. The number of nitrogens with one attached hydrogen (secondary N) is 1. The number of nitrogens with zero attached hydrogens (tertiary/aromatic N) is 3. The largest absolute Gasteiger partial charge is 0.475 e. The van der Waals surface area contributed by atoms with Gasteiger partial charge in [0.1, 0.15) is 12.3 Å². The van der Waals surface area contributed by atoms with Crippen LogP contribution in [0.15, 0.2) is 66.9 Å². The molecule has 9 nitrogen and oxygen atoms in total. The minimum Gasteiger partial charge on any atom is -0.475 e. The lowest BCUT2D eigenvalue weighted by molar-refractivity contribution is -0.0365. The number of aromatic nitrogens is 3. The molecule has 1 aliphatic rings. The van der Waals surface area contributed by atoms with Crippen LogP contribution in [0.25, 0.3) is 22.2 Å². The van der Waals surface area contributed by atoms with Crippen molar-refractivity contribution in [2.24, 2.45) is 0 Å². The van der Waals surface area contributed by atoms with Crippen LogP contribution in [0.4, 0.5) is 4.79 Å². The number of aliphatic hydroxyl groups is 1. The Balaban J connectivity index is 1.26. The van der Waals surface area contributed by atoms with Gasteiger partial charge in [0.25, 0.3) is 0 Å². The summed E-state index contributed by atoms with van der Waals surface area (Å²) in [6.45, 7) is 3.24. The first-order valence-electron chi connectivity index (χ1n) is 13.4. The number of carbonyl (C=O) groups is 1. The Hall–Kier alpha value is -3.95. The number of benzene rings is 2. The number of aliphatic hydroxyl groups excluding tert-OH is 1. The normalized spacial score (nSPS) is 16.1. The number of fused-ring (bicyclic) bond motifs is 1. The molecule has 9 heteroatoms. The molecule has 2 N–H and O–H groups in total. The van der Waals surface area contributed by atoms with Crippen LogP contribution < -0.4 is 10.1 Å². The Kier molecular flexibility index (Phi) is 8.70. The van der Waals surface area contributed by atoms with Gasteiger partial charge >= 0.3 is 6.09 Å². The van der Waals surface area contributed by atoms with E-state index in [1.165, 1.54) is 0 Å². The smallest absolute Gasteiger partial charge is 0.407 e. The van der Waals surface area contributed by atoms with E-state index in [-0.39, 0.29) is 25.5 Å². The Morgan fingerprint density at radius 2 is 2.00 bits per heavy atom. The number of carbonyl (C=O) groups excluding carboxylic acids is 1. The van der Waals surface area contributed by atoms with E-state index in [0.717, 1.165) is 52.5 Å². The first-order valence-corrected chi connectivity index (χ1v) is 13.4. The maximum atomic E-state index is 12.0. The predicted octanol–water partition coefficient (Wildman–Crippen LogP) is 5.37. The summed E-state index contributed by atoms with van der Waals surface area (Å²) >= 11 is 0. The summed E-state index contributed by atoms with van der Waals surface area (Å²) < 4.78 is 19.3. The van der Waals surface area contributed by atoms with Gasteiger partial charge in [-0.1, -0.05) is 48.5 Å². The average molecular weight is 531 g/mol. The van der Waals surface area contributed by atoms with Crippen LogP contribution >= 0.6 is 0 Å². The highest BCUT2D eigenvalue weighted by Crippen LogP contribution is 2.34. The summed E-state index contributed by atoms with van der Waals surface area (Å²) in [5.41, 5.74) is 4.32. The van der Waals surface area contributed by atoms with Gasteiger partial charge in [-0.2, -0.15) is 5.10 Å². The molecule has 0 aliphatic carbocycles. The summed E-state index contributed by atoms with van der Waals surface area (Å²) in [4.78, 5) is 16.6. The van der Waals surface area contributed by atoms with Crippen LogP contribution in [0.1, 0.15) is 50.0 Å². The highest BCUT2D eigenvalue weighted by atomic mass is 16.5. The van der Waals surface area contributed by atoms with Gasteiger partial charge in [-0.05, 0) is 43.4 Å². The highest BCUT2D eigenvalue weighted by molar-refractivity contribution is 5.93. The monoisotopic (exact) mass is 530 g/mol. The molecule has 3 heterocycles. The van der Waals surface area contributed by atoms with Gasteiger partial charge in [0.05, 0.1) is 24.4 Å². The summed E-state index contributed by atoms with van der Waals surface area (Å²) in [5.74, 6) is 0.477. The first kappa shape index (κ1) is 26.6. The fourth-order valence-electron chi connectivity index (χ4n) is 4.66. The van der Waals surface area contributed by atoms with Crippen molar-refractivity contribution >= 4 is 17.0 Å². The summed E-state index contributed by atoms with van der Waals surface area (Å²) in [6.07, 6.45) is 4.59. The van der Waals surface area contributed by atoms with Crippen LogP contribution in [0.3, 0.4) is 0 Å². The maximum absolute atomic E-state index is 12.0. The van der Waals surface area contributed by atoms with Gasteiger partial charge in [-0.15, -0.1) is 0 Å². The third-order valence-electron chi connectivity index (χ3n) is 6.73. The zero-order valence-corrected chi connectivity index (χ0v) is 22.1. The molecule has 0 bridgehead atoms. The average Bonchev–Trinajstić information content (AvgIpc) is 3.36. The van der Waals surface area contributed by atoms with Gasteiger partial charge in [-0.25, -0.2) is 14.5 Å². The highest BCUT2D eigenvalue weighted by Gasteiger charge is 2.23. The molecule has 2 aromatic carbocycles. The van der Waals surface area contributed by atoms with E-state index >= 15 is 0 Å². The molecule has 1 amide bonds. The fraction of sp³-hybridized carbons (Fsp3) is 0.367. The van der Waals surface area contributed by atoms with Crippen LogP contribution in [0, 0.1) is 0 Å². The molecule has 0 spiro atoms. The van der Waals surface area contributed by atoms with Crippen molar-refractivity contribution in [1.29, 1.82) is 0 Å². The molecule has 0 saturated carbocycles. The minimum absolute atomic E-state index is 0.0422. The fourth-order valence-corrected chi connectivity index (χ4v) is 4.66. The van der Waals surface area contributed by atoms with Crippen LogP contribution in [0.2, 0.25) is 0 Å². The van der Waals surface area contributed by atoms with E-state index in [2.05, 4.69) is 10.3 Å². The van der Waals surface area contributed by atoms with Gasteiger partial charge in [0.15, 0.2) is 6.23 Å². The topological polar surface area (TPSA) is 108 Å². The summed E-state index contributed by atoms with van der Waals surface area (Å²) in [7, 11) is 0. The van der Waals surface area contributed by atoms with Crippen molar-refractivity contribution < 1.29 is 24.1 Å². The van der Waals surface area contributed by atoms with E-state index in [1.807, 2.05) is 72.3 Å². The standard InChI is InChI=1S/C30H34N4O5/c1-21(13-14-31-30(36)38-20-22-8-3-2-4-9-22)39-27-17-25-26(18-32-27)34(28-12-5-6-15-37-28)33-29(25)24-11-7-10-23(16-24)19-35/h2-4,7-11,16-18,21,28,35H,5-6,12-15,19-20H2,1H3,(H,31,36)/t21-,28?/m1/s1. The molecular weight excluding hydrogens is 496 g/mol. The number of hydrogen-bond donors (Lipinski definition) is 2. The number of rotatable bonds is 10. The lowest BCUT2D eigenvalue weighted by Gasteiger charge is -2.23. The van der Waals surface area contributed by atoms with E-state index in [0.29, 0.717) is 25.5 Å². The lowest BCUT2D eigenvalue weighted by atomic mass is 10.1. The molecule has 4 aromatic rings. The summed E-state index contributed by atoms with van der Waals surface area (Å²) in [6, 6.07) is 19.2. The Labute approximate surface area is 227 Å². The molecule has 1 unspecified atom stereocenters. The second-order valence-electron chi connectivity index (χ2n) is 9.72. The molecule has 0 radical (unpaired) electrons. The number of ether oxygens (including phenoxy) is 3. The lowest BCUT2D eigenvalue weighted by Crippen LogP contribution is -2.28. The first-order chi connectivity index (χ1) is 19.1. The molecule has 2 atom stereocenters. The van der Waals surface area contributed by atoms with Crippen molar-refractivity contribution in [3.63, 3.8) is 0 Å². The molecule has 1 fully saturated rings. The van der Waals surface area contributed by atoms with Crippen molar-refractivity contribution in [2.75, 3.05) is 13.2 Å². The number of amides is 1. The zero-order chi connectivity index (χ0) is 27.0. The van der Waals surface area contributed by atoms with Crippen LogP contribution in [-0.4, -0.2) is 45.2 Å². The second-order valence-corrected chi connectivity index (χ2v) is 9.72. The Morgan fingerprint density at radius 3 is 2.79 bits per heavy atom. The summed E-state index contributed by atoms with van der Waals surface area (Å²) in [5, 5.41) is 18.3. The Bertz CT molecular complexity index is 1380. The van der Waals surface area contributed by atoms with Gasteiger partial charge in [-0.3, -0.25) is 0 Å². The molecule has 204 valence electrons. The molecule has 1 saturated heterocycles. The van der Waals surface area contributed by atoms with E-state index < -0.39 is 6.09 Å². The zero-order valence-electron chi connectivity index (χ0n) is 22.1. The van der Waals surface area contributed by atoms with E-state index in [9.17, 15) is 9.90 Å². The van der Waals surface area contributed by atoms with E-state index in [1.54, 1.807) is 6.20 Å². The number of hydrogen-bond acceptors (Lipinski definition) is 7. The van der Waals surface area contributed by atoms with Crippen molar-refractivity contribution in [1.82, 2.24) is 20.1 Å². The quantitative estimate of drug-likeness (QED) is 0.284. The minimum atomic E-state index is -0.460. The molecular formula is C30H34N4O5. The van der Waals surface area contributed by atoms with Gasteiger partial charge in [0.2, 0.25) is 5.88 Å². The number of alkyl carbamates (subject to hydrolysis) is 1. The SMILES string of the molecule is C[C@H](CCNC(=O)OCc1ccccc1)Oc1cc2c(-c3cccc(CO)c3)nn(C3CCCCO3)c2cn1. The van der Waals surface area contributed by atoms with Crippen molar-refractivity contribution in [3.8, 4) is 17.1 Å². The molecule has 1 aliphatic heterocycles. The predicted molar refractivity (Wildman–Crippen MR) is 147 cm³/mol. The van der Waals surface area contributed by atoms with Gasteiger partial charge < -0.3 is 24.6 Å². The third-order valence-corrected chi connectivity index (χ3v) is 6.73. The third kappa shape index (κ3) is 6.74. The van der Waals surface area contributed by atoms with Crippen molar-refractivity contribution in [2.45, 2.75) is 58.2 Å². The molecule has 39 heavy (non-hydrogen) atoms. The van der Waals surface area contributed by atoms with Crippen LogP contribution in [-0.2, 0) is 22.7 Å². The second kappa shape index (κ2) is 12.7. The Morgan fingerprint density at radius 1 is 1.15 bits per heavy atom. The van der Waals surface area contributed by atoms with Gasteiger partial charge in [0, 0.05) is 36.6 Å². The molecule has 2 aromatic heterocycles. The van der Waals surface area contributed by atoms with Crippen molar-refractivity contribution in [3.05, 3.63) is 78.0 Å². The molecule has 5 rings (SSSR count). The number of pyridine rings is 1. The van der Waals surface area contributed by atoms with E-state index in [4.69, 9.17) is 19.3 Å².